The Morgan fingerprint density at radius 3 is 2.67 bits per heavy atom. The van der Waals surface area contributed by atoms with Crippen LogP contribution in [0.25, 0.3) is 6.08 Å². The monoisotopic (exact) mass is 472 g/mol. The van der Waals surface area contributed by atoms with Gasteiger partial charge in [-0.15, -0.1) is 0 Å². The Labute approximate surface area is 195 Å². The molecule has 0 saturated heterocycles. The van der Waals surface area contributed by atoms with E-state index in [2.05, 4.69) is 10.6 Å². The number of para-hydroxylation sites is 1. The first-order valence-electron chi connectivity index (χ1n) is 10.0. The fourth-order valence-corrected chi connectivity index (χ4v) is 3.55. The lowest BCUT2D eigenvalue weighted by Gasteiger charge is -2.17. The Bertz CT molecular complexity index is 1070. The maximum absolute atomic E-state index is 13.0. The summed E-state index contributed by atoms with van der Waals surface area (Å²) < 4.78 is 15.9. The molecular weight excluding hydrogens is 448 g/mol. The van der Waals surface area contributed by atoms with Gasteiger partial charge in [0.25, 0.3) is 11.8 Å². The van der Waals surface area contributed by atoms with Crippen LogP contribution in [0.3, 0.4) is 0 Å². The van der Waals surface area contributed by atoms with E-state index in [-0.39, 0.29) is 24.5 Å². The van der Waals surface area contributed by atoms with Gasteiger partial charge >= 0.3 is 5.97 Å². The van der Waals surface area contributed by atoms with Gasteiger partial charge < -0.3 is 30.0 Å². The van der Waals surface area contributed by atoms with Crippen molar-refractivity contribution in [2.24, 2.45) is 0 Å². The zero-order chi connectivity index (χ0) is 23.8. The second-order valence-electron chi connectivity index (χ2n) is 6.97. The summed E-state index contributed by atoms with van der Waals surface area (Å²) >= 11 is 1.47. The third kappa shape index (κ3) is 6.19. The van der Waals surface area contributed by atoms with Crippen molar-refractivity contribution in [1.82, 2.24) is 10.6 Å². The summed E-state index contributed by atoms with van der Waals surface area (Å²) in [5.74, 6) is -0.513. The molecule has 0 aliphatic carbocycles. The number of amides is 2. The van der Waals surface area contributed by atoms with Crippen molar-refractivity contribution in [3.8, 4) is 17.2 Å². The summed E-state index contributed by atoms with van der Waals surface area (Å²) in [4.78, 5) is 37.6. The predicted octanol–water partition coefficient (Wildman–Crippen LogP) is 2.52. The number of aliphatic carboxylic acids is 1. The van der Waals surface area contributed by atoms with Gasteiger partial charge in [-0.2, -0.15) is 11.8 Å². The van der Waals surface area contributed by atoms with Crippen LogP contribution in [-0.4, -0.2) is 54.8 Å². The molecule has 1 atom stereocenters. The number of thioether (sulfide) groups is 1. The van der Waals surface area contributed by atoms with E-state index in [1.54, 1.807) is 42.5 Å². The number of carbonyl (C=O) groups excluding carboxylic acids is 2. The number of carboxylic acid groups (broad SMARTS) is 1. The highest BCUT2D eigenvalue weighted by Crippen LogP contribution is 2.33. The number of hydrogen-bond donors (Lipinski definition) is 3. The summed E-state index contributed by atoms with van der Waals surface area (Å²) in [5.41, 5.74) is 0.655. The number of hydrogen-bond acceptors (Lipinski definition) is 7. The summed E-state index contributed by atoms with van der Waals surface area (Å²) in [6.45, 7) is 0.0934. The van der Waals surface area contributed by atoms with Gasteiger partial charge in [0.1, 0.15) is 17.5 Å². The molecule has 0 aromatic heterocycles. The minimum Gasteiger partial charge on any atom is -0.496 e. The molecule has 1 aliphatic heterocycles. The van der Waals surface area contributed by atoms with Crippen molar-refractivity contribution in [2.75, 3.05) is 25.9 Å². The Kier molecular flexibility index (Phi) is 8.20. The number of ether oxygens (including phenoxy) is 3. The van der Waals surface area contributed by atoms with E-state index in [0.29, 0.717) is 28.6 Å². The average Bonchev–Trinajstić information content (AvgIpc) is 3.28. The van der Waals surface area contributed by atoms with Gasteiger partial charge in [0, 0.05) is 0 Å². The second kappa shape index (κ2) is 11.3. The highest BCUT2D eigenvalue weighted by atomic mass is 32.2. The molecule has 3 N–H and O–H groups in total. The summed E-state index contributed by atoms with van der Waals surface area (Å²) in [5, 5.41) is 14.5. The molecule has 2 amide bonds. The lowest BCUT2D eigenvalue weighted by atomic mass is 10.1. The molecule has 2 aromatic carbocycles. The fraction of sp³-hybridized carbons (Fsp3) is 0.261. The first kappa shape index (κ1) is 24.0. The molecule has 1 aliphatic rings. The SMILES string of the molecule is COc1ccccc1C(=O)N/C(=C/c1ccc2c(c1)OCO2)C(=O)N[C@@H](CCSC)C(=O)O. The molecule has 0 fully saturated rings. The van der Waals surface area contributed by atoms with Crippen LogP contribution in [0.1, 0.15) is 22.3 Å². The Morgan fingerprint density at radius 1 is 1.18 bits per heavy atom. The molecule has 0 spiro atoms. The van der Waals surface area contributed by atoms with Crippen LogP contribution in [0, 0.1) is 0 Å². The molecule has 10 heteroatoms. The van der Waals surface area contributed by atoms with Gasteiger partial charge in [0.15, 0.2) is 11.5 Å². The van der Waals surface area contributed by atoms with Crippen LogP contribution in [-0.2, 0) is 9.59 Å². The number of carbonyl (C=O) groups is 3. The number of benzene rings is 2. The predicted molar refractivity (Wildman–Crippen MR) is 124 cm³/mol. The van der Waals surface area contributed by atoms with E-state index in [1.165, 1.54) is 24.9 Å². The molecule has 2 aromatic rings. The first-order valence-corrected chi connectivity index (χ1v) is 11.4. The highest BCUT2D eigenvalue weighted by molar-refractivity contribution is 7.98. The molecule has 33 heavy (non-hydrogen) atoms. The van der Waals surface area contributed by atoms with E-state index in [4.69, 9.17) is 14.2 Å². The van der Waals surface area contributed by atoms with Gasteiger partial charge in [-0.05, 0) is 54.3 Å². The van der Waals surface area contributed by atoms with E-state index < -0.39 is 23.8 Å². The van der Waals surface area contributed by atoms with Crippen molar-refractivity contribution >= 4 is 35.6 Å². The first-order chi connectivity index (χ1) is 15.9. The summed E-state index contributed by atoms with van der Waals surface area (Å²) in [7, 11) is 1.44. The van der Waals surface area contributed by atoms with Gasteiger partial charge in [-0.1, -0.05) is 18.2 Å². The second-order valence-corrected chi connectivity index (χ2v) is 7.96. The number of fused-ring (bicyclic) bond motifs is 1. The van der Waals surface area contributed by atoms with Crippen LogP contribution in [0.2, 0.25) is 0 Å². The molecule has 9 nitrogen and oxygen atoms in total. The smallest absolute Gasteiger partial charge is 0.326 e. The van der Waals surface area contributed by atoms with E-state index in [1.807, 2.05) is 6.26 Å². The van der Waals surface area contributed by atoms with E-state index in [9.17, 15) is 19.5 Å². The number of nitrogens with one attached hydrogen (secondary N) is 2. The Morgan fingerprint density at radius 2 is 1.94 bits per heavy atom. The molecule has 0 unspecified atom stereocenters. The molecule has 3 rings (SSSR count). The maximum atomic E-state index is 13.0. The lowest BCUT2D eigenvalue weighted by Crippen LogP contribution is -2.44. The lowest BCUT2D eigenvalue weighted by molar-refractivity contribution is -0.141. The number of carboxylic acids is 1. The van der Waals surface area contributed by atoms with Gasteiger partial charge in [0.05, 0.1) is 12.7 Å². The van der Waals surface area contributed by atoms with Crippen LogP contribution < -0.4 is 24.8 Å². The minimum absolute atomic E-state index is 0.0934. The highest BCUT2D eigenvalue weighted by Gasteiger charge is 2.24. The minimum atomic E-state index is -1.16. The molecule has 0 bridgehead atoms. The third-order valence-electron chi connectivity index (χ3n) is 4.77. The van der Waals surface area contributed by atoms with Crippen LogP contribution in [0.4, 0.5) is 0 Å². The Hall–Kier alpha value is -3.66. The van der Waals surface area contributed by atoms with Crippen molar-refractivity contribution < 1.29 is 33.7 Å². The molecule has 0 saturated carbocycles. The van der Waals surface area contributed by atoms with E-state index in [0.717, 1.165) is 0 Å². The largest absolute Gasteiger partial charge is 0.496 e. The summed E-state index contributed by atoms with van der Waals surface area (Å²) in [6, 6.07) is 10.5. The van der Waals surface area contributed by atoms with Crippen molar-refractivity contribution in [1.29, 1.82) is 0 Å². The van der Waals surface area contributed by atoms with E-state index >= 15 is 0 Å². The molecular formula is C23H24N2O7S. The van der Waals surface area contributed by atoms with Crippen LogP contribution >= 0.6 is 11.8 Å². The van der Waals surface area contributed by atoms with Crippen LogP contribution in [0.15, 0.2) is 48.2 Å². The molecule has 0 radical (unpaired) electrons. The van der Waals surface area contributed by atoms with Crippen molar-refractivity contribution in [3.05, 3.63) is 59.3 Å². The Balaban J connectivity index is 1.90. The quantitative estimate of drug-likeness (QED) is 0.451. The average molecular weight is 473 g/mol. The van der Waals surface area contributed by atoms with Gasteiger partial charge in [0.2, 0.25) is 6.79 Å². The zero-order valence-electron chi connectivity index (χ0n) is 18.1. The van der Waals surface area contributed by atoms with Gasteiger partial charge in [-0.3, -0.25) is 9.59 Å². The standard InChI is InChI=1S/C23H24N2O7S/c1-30-18-6-4-3-5-15(18)21(26)25-17(22(27)24-16(23(28)29)9-10-33-2)11-14-7-8-19-20(12-14)32-13-31-19/h3-8,11-12,16H,9-10,13H2,1-2H3,(H,24,27)(H,25,26)(H,28,29)/b17-11+/t16-/m0/s1. The molecule has 1 heterocycles. The van der Waals surface area contributed by atoms with Crippen molar-refractivity contribution in [3.63, 3.8) is 0 Å². The topological polar surface area (TPSA) is 123 Å². The van der Waals surface area contributed by atoms with Gasteiger partial charge in [-0.25, -0.2) is 4.79 Å². The van der Waals surface area contributed by atoms with Crippen molar-refractivity contribution in [2.45, 2.75) is 12.5 Å². The number of methoxy groups -OCH3 is 1. The zero-order valence-corrected chi connectivity index (χ0v) is 18.9. The normalized spacial score (nSPS) is 13.2. The fourth-order valence-electron chi connectivity index (χ4n) is 3.08. The maximum Gasteiger partial charge on any atom is 0.326 e. The molecule has 174 valence electrons. The third-order valence-corrected chi connectivity index (χ3v) is 5.41. The number of rotatable bonds is 10. The van der Waals surface area contributed by atoms with Crippen LogP contribution in [0.5, 0.6) is 17.2 Å². The summed E-state index contributed by atoms with van der Waals surface area (Å²) in [6.07, 6.45) is 3.53.